The molecule has 0 aliphatic heterocycles. The first-order valence-electron chi connectivity index (χ1n) is 23.4. The summed E-state index contributed by atoms with van der Waals surface area (Å²) in [5.41, 5.74) is 4.37. The van der Waals surface area contributed by atoms with Gasteiger partial charge < -0.3 is 49.9 Å². The number of carboxylic acid groups (broad SMARTS) is 1. The second-order valence-corrected chi connectivity index (χ2v) is 17.7. The number of carboxylic acids is 1. The van der Waals surface area contributed by atoms with Crippen molar-refractivity contribution < 1.29 is 67.1 Å². The first-order chi connectivity index (χ1) is 30.4. The molecule has 0 rings (SSSR count). The number of nitrogens with one attached hydrogen (secondary N) is 2. The summed E-state index contributed by atoms with van der Waals surface area (Å²) in [6, 6.07) is -1.29. The Morgan fingerprint density at radius 2 is 0.938 bits per heavy atom. The van der Waals surface area contributed by atoms with E-state index in [-0.39, 0.29) is 103 Å². The number of amides is 4. The normalized spacial score (nSPS) is 12.0. The second kappa shape index (κ2) is 37.5. The number of carbonyl (C=O) groups is 7. The topological polar surface area (TPSA) is 248 Å². The van der Waals surface area contributed by atoms with Crippen LogP contribution in [0.3, 0.4) is 0 Å². The summed E-state index contributed by atoms with van der Waals surface area (Å²) in [5, 5.41) is 13.8. The van der Waals surface area contributed by atoms with Crippen molar-refractivity contribution in [1.82, 2.24) is 15.5 Å². The van der Waals surface area contributed by atoms with E-state index < -0.39 is 53.5 Å². The number of unbranched alkanes of at least 4 members (excludes halogenated alkanes) is 13. The number of rotatable bonds is 40. The molecule has 0 saturated heterocycles. The van der Waals surface area contributed by atoms with Gasteiger partial charge in [0.25, 0.3) is 0 Å². The number of nitrogens with two attached hydrogens (primary N) is 1. The zero-order valence-electron chi connectivity index (χ0n) is 40.1. The van der Waals surface area contributed by atoms with Crippen molar-refractivity contribution in [3.8, 4) is 0 Å². The van der Waals surface area contributed by atoms with E-state index in [1.165, 1.54) is 38.5 Å². The van der Waals surface area contributed by atoms with Gasteiger partial charge in [0.15, 0.2) is 0 Å². The van der Waals surface area contributed by atoms with Crippen LogP contribution in [0.1, 0.15) is 164 Å². The SMILES string of the molecule is CC(C)(C)OC(=O)CCCCCCCCCCCCCCCCC(=O)N(C(=O)CCN)[C@@H](CCC(=O)NCCOCCOCC(=O)NCCOCCOCC(=O)O)C(=O)OC(C)(C)C. The van der Waals surface area contributed by atoms with Gasteiger partial charge in [0.05, 0.1) is 39.6 Å². The third kappa shape index (κ3) is 37.6. The van der Waals surface area contributed by atoms with E-state index in [9.17, 15) is 33.6 Å². The van der Waals surface area contributed by atoms with Crippen LogP contribution in [0.2, 0.25) is 0 Å². The van der Waals surface area contributed by atoms with Gasteiger partial charge in [0.1, 0.15) is 30.5 Å². The summed E-state index contributed by atoms with van der Waals surface area (Å²) in [6.07, 6.45) is 15.0. The van der Waals surface area contributed by atoms with Crippen LogP contribution >= 0.6 is 0 Å². The molecule has 0 bridgehead atoms. The Morgan fingerprint density at radius 1 is 0.516 bits per heavy atom. The van der Waals surface area contributed by atoms with Gasteiger partial charge in [-0.25, -0.2) is 9.59 Å². The molecule has 0 heterocycles. The standard InChI is InChI=1S/C46H84N4O14/c1-45(2,3)63-43(57)22-20-18-16-14-12-10-8-7-9-11-13-15-17-19-21-40(53)50(41(54)25-26-47)37(44(58)64-46(4,5)6)23-24-38(51)48-27-29-59-31-33-61-35-39(52)49-28-30-60-32-34-62-36-42(55)56/h37H,7-36,47H2,1-6H3,(H,48,51)(H,49,52)(H,55,56)/t37-/m0/s1. The van der Waals surface area contributed by atoms with Crippen LogP contribution in [0, 0.1) is 0 Å². The van der Waals surface area contributed by atoms with E-state index in [4.69, 9.17) is 39.3 Å². The van der Waals surface area contributed by atoms with Crippen molar-refractivity contribution >= 4 is 41.5 Å². The van der Waals surface area contributed by atoms with Gasteiger partial charge in [-0.2, -0.15) is 0 Å². The predicted octanol–water partition coefficient (Wildman–Crippen LogP) is 5.15. The number of esters is 2. The minimum Gasteiger partial charge on any atom is -0.480 e. The number of ether oxygens (including phenoxy) is 6. The molecule has 0 unspecified atom stereocenters. The number of carbonyl (C=O) groups excluding carboxylic acids is 6. The first-order valence-corrected chi connectivity index (χ1v) is 23.4. The molecular weight excluding hydrogens is 833 g/mol. The maximum absolute atomic E-state index is 13.6. The monoisotopic (exact) mass is 917 g/mol. The molecule has 0 aromatic carbocycles. The zero-order valence-corrected chi connectivity index (χ0v) is 40.1. The summed E-state index contributed by atoms with van der Waals surface area (Å²) in [6.45, 7) is 11.6. The molecule has 0 aromatic heterocycles. The van der Waals surface area contributed by atoms with Crippen LogP contribution in [0.4, 0.5) is 0 Å². The number of hydrogen-bond acceptors (Lipinski definition) is 14. The summed E-state index contributed by atoms with van der Waals surface area (Å²) in [7, 11) is 0. The minimum absolute atomic E-state index is 0.00833. The molecule has 0 aliphatic rings. The van der Waals surface area contributed by atoms with Crippen LogP contribution in [0.5, 0.6) is 0 Å². The molecular formula is C46H84N4O14. The maximum atomic E-state index is 13.6. The molecule has 372 valence electrons. The molecule has 0 fully saturated rings. The highest BCUT2D eigenvalue weighted by atomic mass is 16.6. The van der Waals surface area contributed by atoms with E-state index in [0.717, 1.165) is 49.8 Å². The first kappa shape index (κ1) is 60.3. The Bertz CT molecular complexity index is 1320. The average Bonchev–Trinajstić information content (AvgIpc) is 3.19. The van der Waals surface area contributed by atoms with Crippen LogP contribution in [-0.2, 0) is 62.0 Å². The molecule has 0 aliphatic carbocycles. The summed E-state index contributed by atoms with van der Waals surface area (Å²) < 4.78 is 31.8. The van der Waals surface area contributed by atoms with Crippen molar-refractivity contribution in [3.05, 3.63) is 0 Å². The van der Waals surface area contributed by atoms with E-state index in [1.54, 1.807) is 20.8 Å². The lowest BCUT2D eigenvalue weighted by atomic mass is 10.0. The van der Waals surface area contributed by atoms with E-state index in [0.29, 0.717) is 12.8 Å². The lowest BCUT2D eigenvalue weighted by Crippen LogP contribution is -2.51. The Kier molecular flexibility index (Phi) is 35.3. The number of hydrogen-bond donors (Lipinski definition) is 4. The fraction of sp³-hybridized carbons (Fsp3) is 0.848. The molecule has 0 spiro atoms. The summed E-state index contributed by atoms with van der Waals surface area (Å²) in [5.74, 6) is -3.75. The molecule has 18 nitrogen and oxygen atoms in total. The molecule has 64 heavy (non-hydrogen) atoms. The van der Waals surface area contributed by atoms with Gasteiger partial charge in [-0.15, -0.1) is 0 Å². The van der Waals surface area contributed by atoms with Crippen molar-refractivity contribution in [2.24, 2.45) is 5.73 Å². The van der Waals surface area contributed by atoms with E-state index in [1.807, 2.05) is 20.8 Å². The predicted molar refractivity (Wildman–Crippen MR) is 241 cm³/mol. The van der Waals surface area contributed by atoms with Crippen LogP contribution in [0.15, 0.2) is 0 Å². The Morgan fingerprint density at radius 3 is 1.41 bits per heavy atom. The Labute approximate surface area is 382 Å². The Balaban J connectivity index is 4.51. The van der Waals surface area contributed by atoms with E-state index in [2.05, 4.69) is 10.6 Å². The summed E-state index contributed by atoms with van der Waals surface area (Å²) >= 11 is 0. The Hall–Kier alpha value is -3.71. The second-order valence-electron chi connectivity index (χ2n) is 17.7. The van der Waals surface area contributed by atoms with Crippen molar-refractivity contribution in [2.75, 3.05) is 72.5 Å². The van der Waals surface area contributed by atoms with Gasteiger partial charge in [0, 0.05) is 45.3 Å². The van der Waals surface area contributed by atoms with Gasteiger partial charge in [-0.05, 0) is 60.8 Å². The largest absolute Gasteiger partial charge is 0.480 e. The number of aliphatic carboxylic acids is 1. The molecule has 0 radical (unpaired) electrons. The molecule has 5 N–H and O–H groups in total. The zero-order chi connectivity index (χ0) is 48.1. The van der Waals surface area contributed by atoms with Crippen molar-refractivity contribution in [3.63, 3.8) is 0 Å². The minimum atomic E-state index is -1.29. The third-order valence-corrected chi connectivity index (χ3v) is 9.31. The van der Waals surface area contributed by atoms with Gasteiger partial charge in [0.2, 0.25) is 23.6 Å². The van der Waals surface area contributed by atoms with Gasteiger partial charge >= 0.3 is 17.9 Å². The van der Waals surface area contributed by atoms with Crippen LogP contribution in [-0.4, -0.2) is 141 Å². The smallest absolute Gasteiger partial charge is 0.329 e. The quantitative estimate of drug-likeness (QED) is 0.0459. The molecule has 0 saturated carbocycles. The van der Waals surface area contributed by atoms with Crippen molar-refractivity contribution in [1.29, 1.82) is 0 Å². The average molecular weight is 917 g/mol. The maximum Gasteiger partial charge on any atom is 0.329 e. The lowest BCUT2D eigenvalue weighted by Gasteiger charge is -2.31. The van der Waals surface area contributed by atoms with E-state index >= 15 is 0 Å². The highest BCUT2D eigenvalue weighted by molar-refractivity contribution is 5.99. The lowest BCUT2D eigenvalue weighted by molar-refractivity contribution is -0.169. The molecule has 4 amide bonds. The number of imide groups is 1. The van der Waals surface area contributed by atoms with Crippen LogP contribution < -0.4 is 16.4 Å². The third-order valence-electron chi connectivity index (χ3n) is 9.31. The fourth-order valence-electron chi connectivity index (χ4n) is 6.33. The highest BCUT2D eigenvalue weighted by Gasteiger charge is 2.37. The molecule has 0 aromatic rings. The van der Waals surface area contributed by atoms with Crippen LogP contribution in [0.25, 0.3) is 0 Å². The van der Waals surface area contributed by atoms with Gasteiger partial charge in [-0.1, -0.05) is 77.0 Å². The number of nitrogens with zero attached hydrogens (tertiary/aromatic N) is 1. The van der Waals surface area contributed by atoms with Gasteiger partial charge in [-0.3, -0.25) is 28.9 Å². The highest BCUT2D eigenvalue weighted by Crippen LogP contribution is 2.20. The molecule has 1 atom stereocenters. The molecule has 18 heteroatoms. The fourth-order valence-corrected chi connectivity index (χ4v) is 6.33. The summed E-state index contributed by atoms with van der Waals surface area (Å²) in [4.78, 5) is 88.0. The van der Waals surface area contributed by atoms with Crippen molar-refractivity contribution in [2.45, 2.75) is 181 Å².